The number of rotatable bonds is 2. The average Bonchev–Trinajstić information content (AvgIpc) is 2.14. The molecule has 0 radical (unpaired) electrons. The minimum Gasteiger partial charge on any atom is -0.296 e. The molecule has 0 bridgehead atoms. The summed E-state index contributed by atoms with van der Waals surface area (Å²) in [6.07, 6.45) is -4.65. The van der Waals surface area contributed by atoms with Gasteiger partial charge in [0.05, 0.1) is 0 Å². The van der Waals surface area contributed by atoms with Crippen molar-refractivity contribution in [3.8, 4) is 0 Å². The van der Waals surface area contributed by atoms with Crippen molar-refractivity contribution in [3.63, 3.8) is 0 Å². The zero-order valence-electron chi connectivity index (χ0n) is 8.17. The molecule has 1 atom stereocenters. The molecule has 15 heavy (non-hydrogen) atoms. The lowest BCUT2D eigenvalue weighted by Crippen LogP contribution is -2.48. The van der Waals surface area contributed by atoms with Crippen LogP contribution in [0.4, 0.5) is 13.2 Å². The van der Waals surface area contributed by atoms with Crippen LogP contribution in [0.15, 0.2) is 29.3 Å². The van der Waals surface area contributed by atoms with Crippen molar-refractivity contribution in [3.05, 3.63) is 35.4 Å². The van der Waals surface area contributed by atoms with Gasteiger partial charge in [-0.15, -0.1) is 0 Å². The van der Waals surface area contributed by atoms with Crippen molar-refractivity contribution >= 4 is 6.72 Å². The SMILES string of the molecule is C=NC(N)(c1cccc(C)c1)C(F)(F)F. The summed E-state index contributed by atoms with van der Waals surface area (Å²) in [6, 6.07) is 5.82. The maximum absolute atomic E-state index is 12.7. The second-order valence-electron chi connectivity index (χ2n) is 3.29. The fourth-order valence-electron chi connectivity index (χ4n) is 1.23. The molecule has 0 aliphatic heterocycles. The van der Waals surface area contributed by atoms with E-state index in [9.17, 15) is 13.2 Å². The summed E-state index contributed by atoms with van der Waals surface area (Å²) in [4.78, 5) is 3.01. The molecule has 2 N–H and O–H groups in total. The fourth-order valence-corrected chi connectivity index (χ4v) is 1.23. The van der Waals surface area contributed by atoms with Crippen molar-refractivity contribution in [1.82, 2.24) is 0 Å². The lowest BCUT2D eigenvalue weighted by molar-refractivity contribution is -0.186. The Morgan fingerprint density at radius 1 is 1.33 bits per heavy atom. The number of aryl methyl sites for hydroxylation is 1. The maximum Gasteiger partial charge on any atom is 0.431 e. The molecule has 0 spiro atoms. The van der Waals surface area contributed by atoms with E-state index in [2.05, 4.69) is 11.7 Å². The molecule has 5 heteroatoms. The highest BCUT2D eigenvalue weighted by atomic mass is 19.4. The molecule has 0 aliphatic rings. The Labute approximate surface area is 85.6 Å². The first-order chi connectivity index (χ1) is 6.81. The molecule has 82 valence electrons. The van der Waals surface area contributed by atoms with Crippen LogP contribution >= 0.6 is 0 Å². The number of alkyl halides is 3. The average molecular weight is 216 g/mol. The first-order valence-corrected chi connectivity index (χ1v) is 4.22. The summed E-state index contributed by atoms with van der Waals surface area (Å²) in [5.41, 5.74) is 3.07. The van der Waals surface area contributed by atoms with Crippen molar-refractivity contribution in [2.24, 2.45) is 10.7 Å². The topological polar surface area (TPSA) is 38.4 Å². The molecule has 0 amide bonds. The molecule has 1 unspecified atom stereocenters. The van der Waals surface area contributed by atoms with E-state index < -0.39 is 11.8 Å². The van der Waals surface area contributed by atoms with Gasteiger partial charge in [-0.1, -0.05) is 29.8 Å². The van der Waals surface area contributed by atoms with E-state index in [-0.39, 0.29) is 5.56 Å². The number of hydrogen-bond acceptors (Lipinski definition) is 2. The highest BCUT2D eigenvalue weighted by Gasteiger charge is 2.53. The highest BCUT2D eigenvalue weighted by Crippen LogP contribution is 2.37. The van der Waals surface area contributed by atoms with Crippen LogP contribution in [0.25, 0.3) is 0 Å². The highest BCUT2D eigenvalue weighted by molar-refractivity contribution is 5.35. The predicted molar refractivity (Wildman–Crippen MR) is 52.6 cm³/mol. The summed E-state index contributed by atoms with van der Waals surface area (Å²) in [5.74, 6) is 0. The fraction of sp³-hybridized carbons (Fsp3) is 0.300. The maximum atomic E-state index is 12.7. The van der Waals surface area contributed by atoms with Gasteiger partial charge in [0, 0.05) is 5.56 Å². The number of nitrogens with zero attached hydrogens (tertiary/aromatic N) is 1. The van der Waals surface area contributed by atoms with Crippen molar-refractivity contribution in [2.75, 3.05) is 0 Å². The van der Waals surface area contributed by atoms with Gasteiger partial charge < -0.3 is 0 Å². The third-order valence-electron chi connectivity index (χ3n) is 2.14. The van der Waals surface area contributed by atoms with Gasteiger partial charge in [0.1, 0.15) is 0 Å². The van der Waals surface area contributed by atoms with Crippen LogP contribution in [0.3, 0.4) is 0 Å². The molecular weight excluding hydrogens is 205 g/mol. The Balaban J connectivity index is 3.30. The van der Waals surface area contributed by atoms with E-state index in [0.717, 1.165) is 0 Å². The smallest absolute Gasteiger partial charge is 0.296 e. The summed E-state index contributed by atoms with van der Waals surface area (Å²) < 4.78 is 38.0. The number of benzene rings is 1. The van der Waals surface area contributed by atoms with Crippen LogP contribution in [-0.4, -0.2) is 12.9 Å². The number of nitrogens with two attached hydrogens (primary N) is 1. The Bertz CT molecular complexity index is 373. The van der Waals surface area contributed by atoms with E-state index in [4.69, 9.17) is 5.73 Å². The predicted octanol–water partition coefficient (Wildman–Crippen LogP) is 2.37. The van der Waals surface area contributed by atoms with Crippen LogP contribution < -0.4 is 5.73 Å². The van der Waals surface area contributed by atoms with E-state index in [1.807, 2.05) is 0 Å². The van der Waals surface area contributed by atoms with Gasteiger partial charge in [0.2, 0.25) is 5.66 Å². The number of halogens is 3. The van der Waals surface area contributed by atoms with Crippen molar-refractivity contribution in [1.29, 1.82) is 0 Å². The quantitative estimate of drug-likeness (QED) is 0.757. The van der Waals surface area contributed by atoms with Crippen LogP contribution in [0, 0.1) is 6.92 Å². The molecule has 1 aromatic carbocycles. The van der Waals surface area contributed by atoms with Gasteiger partial charge in [-0.2, -0.15) is 13.2 Å². The molecule has 2 nitrogen and oxygen atoms in total. The third-order valence-corrected chi connectivity index (χ3v) is 2.14. The Morgan fingerprint density at radius 3 is 2.33 bits per heavy atom. The molecule has 0 aromatic heterocycles. The molecule has 1 rings (SSSR count). The summed E-state index contributed by atoms with van der Waals surface area (Å²) >= 11 is 0. The minimum atomic E-state index is -4.65. The second-order valence-corrected chi connectivity index (χ2v) is 3.29. The molecule has 0 fully saturated rings. The van der Waals surface area contributed by atoms with Crippen molar-refractivity contribution in [2.45, 2.75) is 18.8 Å². The normalized spacial score (nSPS) is 15.8. The Kier molecular flexibility index (Phi) is 2.86. The lowest BCUT2D eigenvalue weighted by atomic mass is 9.98. The minimum absolute atomic E-state index is 0.106. The summed E-state index contributed by atoms with van der Waals surface area (Å²) in [6.45, 7) is 4.59. The first-order valence-electron chi connectivity index (χ1n) is 4.22. The lowest BCUT2D eigenvalue weighted by Gasteiger charge is -2.27. The van der Waals surface area contributed by atoms with E-state index in [1.54, 1.807) is 13.0 Å². The van der Waals surface area contributed by atoms with Crippen molar-refractivity contribution < 1.29 is 13.2 Å². The number of aliphatic imine (C=N–C) groups is 1. The van der Waals surface area contributed by atoms with Crippen LogP contribution in [0.5, 0.6) is 0 Å². The van der Waals surface area contributed by atoms with Gasteiger partial charge in [-0.05, 0) is 13.6 Å². The summed E-state index contributed by atoms with van der Waals surface area (Å²) in [7, 11) is 0. The molecule has 1 aromatic rings. The molecule has 0 aliphatic carbocycles. The molecule has 0 saturated carbocycles. The largest absolute Gasteiger partial charge is 0.431 e. The molecule has 0 heterocycles. The van der Waals surface area contributed by atoms with Crippen LogP contribution in [0.1, 0.15) is 11.1 Å². The van der Waals surface area contributed by atoms with E-state index >= 15 is 0 Å². The second kappa shape index (κ2) is 3.66. The van der Waals surface area contributed by atoms with Gasteiger partial charge >= 0.3 is 6.18 Å². The number of hydrogen-bond donors (Lipinski definition) is 1. The third kappa shape index (κ3) is 2.02. The Morgan fingerprint density at radius 2 is 1.93 bits per heavy atom. The molecular formula is C10H11F3N2. The zero-order chi connectivity index (χ0) is 11.7. The van der Waals surface area contributed by atoms with Gasteiger partial charge in [0.25, 0.3) is 0 Å². The van der Waals surface area contributed by atoms with Crippen LogP contribution in [0.2, 0.25) is 0 Å². The van der Waals surface area contributed by atoms with E-state index in [0.29, 0.717) is 5.56 Å². The summed E-state index contributed by atoms with van der Waals surface area (Å²) in [5, 5.41) is 0. The molecule has 0 saturated heterocycles. The monoisotopic (exact) mass is 216 g/mol. The van der Waals surface area contributed by atoms with Gasteiger partial charge in [0.15, 0.2) is 0 Å². The standard InChI is InChI=1S/C10H11F3N2/c1-7-4-3-5-8(6-7)9(14,15-2)10(11,12)13/h3-6H,2,14H2,1H3. The van der Waals surface area contributed by atoms with E-state index in [1.165, 1.54) is 18.2 Å². The van der Waals surface area contributed by atoms with Gasteiger partial charge in [-0.3, -0.25) is 10.7 Å². The van der Waals surface area contributed by atoms with Gasteiger partial charge in [-0.25, -0.2) is 0 Å². The Hall–Kier alpha value is -1.36. The first kappa shape index (κ1) is 11.7. The van der Waals surface area contributed by atoms with Crippen LogP contribution in [-0.2, 0) is 5.66 Å². The zero-order valence-corrected chi connectivity index (χ0v) is 8.17.